The highest BCUT2D eigenvalue weighted by Gasteiger charge is 2.25. The van der Waals surface area contributed by atoms with Crippen molar-refractivity contribution >= 4 is 34.5 Å². The van der Waals surface area contributed by atoms with Crippen LogP contribution in [0.1, 0.15) is 38.9 Å². The molecule has 1 aromatic carbocycles. The summed E-state index contributed by atoms with van der Waals surface area (Å²) in [7, 11) is 0. The topological polar surface area (TPSA) is 146 Å². The zero-order valence-corrected chi connectivity index (χ0v) is 19.5. The number of nitrogens with zero attached hydrogens (tertiary/aromatic N) is 5. The van der Waals surface area contributed by atoms with Crippen molar-refractivity contribution < 1.29 is 18.4 Å². The van der Waals surface area contributed by atoms with Gasteiger partial charge in [-0.15, -0.1) is 0 Å². The first-order valence-electron chi connectivity index (χ1n) is 11.1. The molecule has 0 bridgehead atoms. The van der Waals surface area contributed by atoms with Gasteiger partial charge in [0.2, 0.25) is 5.88 Å². The number of hydrogen-bond donors (Lipinski definition) is 3. The molecule has 1 unspecified atom stereocenters. The summed E-state index contributed by atoms with van der Waals surface area (Å²) in [6.07, 6.45) is 2.16. The summed E-state index contributed by atoms with van der Waals surface area (Å²) in [5, 5.41) is 14.2. The normalized spacial score (nSPS) is 16.1. The Morgan fingerprint density at radius 1 is 1.23 bits per heavy atom. The van der Waals surface area contributed by atoms with Gasteiger partial charge in [0.05, 0.1) is 29.4 Å². The number of ether oxygens (including phenoxy) is 1. The molecule has 0 spiro atoms. The van der Waals surface area contributed by atoms with Crippen LogP contribution in [0.2, 0.25) is 0 Å². The molecule has 1 aliphatic rings. The zero-order valence-electron chi connectivity index (χ0n) is 19.5. The van der Waals surface area contributed by atoms with Gasteiger partial charge < -0.3 is 20.3 Å². The lowest BCUT2D eigenvalue weighted by molar-refractivity contribution is 0.185. The minimum Gasteiger partial charge on any atom is -0.383 e. The smallest absolute Gasteiger partial charge is 0.326 e. The Morgan fingerprint density at radius 3 is 2.74 bits per heavy atom. The van der Waals surface area contributed by atoms with E-state index in [1.54, 1.807) is 16.8 Å². The summed E-state index contributed by atoms with van der Waals surface area (Å²) < 4.78 is 27.4. The molecule has 1 atom stereocenters. The largest absolute Gasteiger partial charge is 0.383 e. The maximum absolute atomic E-state index is 15.0. The molecule has 0 radical (unpaired) electrons. The molecule has 0 aliphatic carbocycles. The Morgan fingerprint density at radius 2 is 2.06 bits per heavy atom. The first kappa shape index (κ1) is 22.7. The quantitative estimate of drug-likeness (QED) is 0.396. The molecular weight excluding hydrogens is 455 g/mol. The Hall–Kier alpha value is -4.06. The van der Waals surface area contributed by atoms with Gasteiger partial charge in [0, 0.05) is 23.7 Å². The summed E-state index contributed by atoms with van der Waals surface area (Å²) in [5.41, 5.74) is 8.05. The van der Waals surface area contributed by atoms with E-state index in [2.05, 4.69) is 30.9 Å². The van der Waals surface area contributed by atoms with Crippen LogP contribution in [-0.4, -0.2) is 44.1 Å². The van der Waals surface area contributed by atoms with Gasteiger partial charge in [0.1, 0.15) is 23.7 Å². The second-order valence-electron chi connectivity index (χ2n) is 9.37. The number of hydrogen-bond acceptors (Lipinski definition) is 8. The SMILES string of the molecule is CC(C)(C)c1cc(NC(=O)Nc2ccc(-c3nn(C4CCOC4)c4ncnc(N)c34)cc2F)on1. The van der Waals surface area contributed by atoms with E-state index < -0.39 is 11.8 Å². The van der Waals surface area contributed by atoms with Crippen molar-refractivity contribution in [1.29, 1.82) is 0 Å². The van der Waals surface area contributed by atoms with Crippen LogP contribution in [-0.2, 0) is 10.2 Å². The summed E-state index contributed by atoms with van der Waals surface area (Å²) in [5.74, 6) is -0.236. The first-order chi connectivity index (χ1) is 16.7. The lowest BCUT2D eigenvalue weighted by Crippen LogP contribution is -2.20. The van der Waals surface area contributed by atoms with Crippen LogP contribution in [0.15, 0.2) is 35.1 Å². The fraction of sp³-hybridized carbons (Fsp3) is 0.348. The minimum absolute atomic E-state index is 0.00456. The van der Waals surface area contributed by atoms with Gasteiger partial charge in [-0.25, -0.2) is 23.8 Å². The fourth-order valence-electron chi connectivity index (χ4n) is 3.88. The van der Waals surface area contributed by atoms with Crippen LogP contribution in [0, 0.1) is 5.82 Å². The number of nitrogen functional groups attached to an aromatic ring is 1. The fourth-order valence-corrected chi connectivity index (χ4v) is 3.88. The predicted molar refractivity (Wildman–Crippen MR) is 127 cm³/mol. The van der Waals surface area contributed by atoms with E-state index in [0.717, 1.165) is 6.42 Å². The molecule has 4 N–H and O–H groups in total. The Labute approximate surface area is 199 Å². The van der Waals surface area contributed by atoms with Crippen LogP contribution in [0.5, 0.6) is 0 Å². The average Bonchev–Trinajstić information content (AvgIpc) is 3.54. The third kappa shape index (κ3) is 4.39. The summed E-state index contributed by atoms with van der Waals surface area (Å²) >= 11 is 0. The van der Waals surface area contributed by atoms with Crippen LogP contribution < -0.4 is 16.4 Å². The molecule has 1 fully saturated rings. The summed E-state index contributed by atoms with van der Waals surface area (Å²) in [6.45, 7) is 7.05. The molecule has 5 rings (SSSR count). The second-order valence-corrected chi connectivity index (χ2v) is 9.37. The maximum atomic E-state index is 15.0. The molecule has 1 saturated heterocycles. The number of fused-ring (bicyclic) bond motifs is 1. The standard InChI is InChI=1S/C23H25FN8O3/c1-23(2,3)16-9-17(35-31-16)29-22(33)28-15-5-4-12(8-14(15)24)19-18-20(25)26-11-27-21(18)32(30-19)13-6-7-34-10-13/h4-5,8-9,11,13H,6-7,10H2,1-3H3,(H2,25,26,27)(H2,28,29,33). The number of nitrogens with one attached hydrogen (secondary N) is 2. The van der Waals surface area contributed by atoms with E-state index in [-0.39, 0.29) is 28.8 Å². The number of aromatic nitrogens is 5. The van der Waals surface area contributed by atoms with Crippen molar-refractivity contribution in [3.05, 3.63) is 42.1 Å². The Balaban J connectivity index is 1.39. The predicted octanol–water partition coefficient (Wildman–Crippen LogP) is 4.11. The van der Waals surface area contributed by atoms with Gasteiger partial charge in [-0.3, -0.25) is 5.32 Å². The van der Waals surface area contributed by atoms with Crippen molar-refractivity contribution in [3.63, 3.8) is 0 Å². The number of halogens is 1. The van der Waals surface area contributed by atoms with Gasteiger partial charge in [-0.1, -0.05) is 32.0 Å². The lowest BCUT2D eigenvalue weighted by atomic mass is 9.92. The molecule has 4 aromatic rings. The first-order valence-corrected chi connectivity index (χ1v) is 11.1. The van der Waals surface area contributed by atoms with E-state index in [1.807, 2.05) is 20.8 Å². The van der Waals surface area contributed by atoms with Crippen molar-refractivity contribution in [2.24, 2.45) is 0 Å². The molecule has 12 heteroatoms. The second kappa shape index (κ2) is 8.62. The number of rotatable bonds is 4. The molecule has 4 heterocycles. The number of nitrogens with two attached hydrogens (primary N) is 1. The molecule has 0 saturated carbocycles. The van der Waals surface area contributed by atoms with Crippen molar-refractivity contribution in [3.8, 4) is 11.3 Å². The third-order valence-electron chi connectivity index (χ3n) is 5.78. The highest BCUT2D eigenvalue weighted by Crippen LogP contribution is 2.34. The van der Waals surface area contributed by atoms with Gasteiger partial charge in [-0.2, -0.15) is 5.10 Å². The van der Waals surface area contributed by atoms with Gasteiger partial charge >= 0.3 is 6.03 Å². The minimum atomic E-state index is -0.665. The Kier molecular flexibility index (Phi) is 5.59. The van der Waals surface area contributed by atoms with Crippen molar-refractivity contribution in [2.75, 3.05) is 29.6 Å². The van der Waals surface area contributed by atoms with Crippen molar-refractivity contribution in [2.45, 2.75) is 38.6 Å². The third-order valence-corrected chi connectivity index (χ3v) is 5.78. The van der Waals surface area contributed by atoms with Crippen LogP contribution in [0.25, 0.3) is 22.3 Å². The number of carbonyl (C=O) groups excluding carboxylic acids is 1. The maximum Gasteiger partial charge on any atom is 0.326 e. The molecule has 1 aliphatic heterocycles. The van der Waals surface area contributed by atoms with Crippen LogP contribution >= 0.6 is 0 Å². The molecule has 11 nitrogen and oxygen atoms in total. The van der Waals surface area contributed by atoms with E-state index in [1.165, 1.54) is 18.5 Å². The van der Waals surface area contributed by atoms with E-state index >= 15 is 4.39 Å². The molecule has 35 heavy (non-hydrogen) atoms. The molecule has 182 valence electrons. The molecule has 2 amide bonds. The van der Waals surface area contributed by atoms with Crippen LogP contribution in [0.3, 0.4) is 0 Å². The van der Waals surface area contributed by atoms with Gasteiger partial charge in [0.15, 0.2) is 5.65 Å². The number of amides is 2. The monoisotopic (exact) mass is 480 g/mol. The van der Waals surface area contributed by atoms with Crippen molar-refractivity contribution in [1.82, 2.24) is 24.9 Å². The number of urea groups is 1. The van der Waals surface area contributed by atoms with E-state index in [9.17, 15) is 4.79 Å². The number of anilines is 3. The molecular formula is C23H25FN8O3. The number of benzene rings is 1. The Bertz CT molecular complexity index is 1400. The van der Waals surface area contributed by atoms with Gasteiger partial charge in [-0.05, 0) is 18.6 Å². The van der Waals surface area contributed by atoms with Crippen LogP contribution in [0.4, 0.5) is 26.6 Å². The average molecular weight is 481 g/mol. The van der Waals surface area contributed by atoms with E-state index in [0.29, 0.717) is 41.2 Å². The summed E-state index contributed by atoms with van der Waals surface area (Å²) in [4.78, 5) is 20.8. The van der Waals surface area contributed by atoms with Gasteiger partial charge in [0.25, 0.3) is 0 Å². The lowest BCUT2D eigenvalue weighted by Gasteiger charge is -2.12. The van der Waals surface area contributed by atoms with E-state index in [4.69, 9.17) is 15.0 Å². The zero-order chi connectivity index (χ0) is 24.7. The molecule has 3 aromatic heterocycles. The highest BCUT2D eigenvalue weighted by molar-refractivity contribution is 6.00. The summed E-state index contributed by atoms with van der Waals surface area (Å²) in [6, 6.07) is 5.35. The number of carbonyl (C=O) groups is 1. The highest BCUT2D eigenvalue weighted by atomic mass is 19.1.